The number of fused-ring (bicyclic) bond motifs is 1. The summed E-state index contributed by atoms with van der Waals surface area (Å²) in [7, 11) is 0. The van der Waals surface area contributed by atoms with Crippen LogP contribution in [0.3, 0.4) is 0 Å². The van der Waals surface area contributed by atoms with Gasteiger partial charge in [-0.05, 0) is 79.5 Å². The van der Waals surface area contributed by atoms with Crippen LogP contribution in [0.4, 0.5) is 0 Å². The number of carbonyl (C=O) groups excluding carboxylic acids is 1. The van der Waals surface area contributed by atoms with E-state index in [1.165, 1.54) is 39.2 Å². The average Bonchev–Trinajstić information content (AvgIpc) is 3.41. The van der Waals surface area contributed by atoms with Gasteiger partial charge in [-0.3, -0.25) is 9.89 Å². The highest BCUT2D eigenvalue weighted by atomic mass is 16.5. The number of nitrogens with one attached hydrogen (secondary N) is 1. The van der Waals surface area contributed by atoms with Crippen molar-refractivity contribution in [2.75, 3.05) is 6.54 Å². The lowest BCUT2D eigenvalue weighted by Crippen LogP contribution is -2.40. The predicted octanol–water partition coefficient (Wildman–Crippen LogP) is 4.68. The fourth-order valence-electron chi connectivity index (χ4n) is 5.23. The van der Waals surface area contributed by atoms with E-state index in [1.54, 1.807) is 0 Å². The summed E-state index contributed by atoms with van der Waals surface area (Å²) in [5.41, 5.74) is 8.66. The van der Waals surface area contributed by atoms with E-state index in [2.05, 4.69) is 53.2 Å². The van der Waals surface area contributed by atoms with Crippen molar-refractivity contribution < 1.29 is 9.53 Å². The van der Waals surface area contributed by atoms with Crippen molar-refractivity contribution in [3.63, 3.8) is 0 Å². The van der Waals surface area contributed by atoms with Crippen molar-refractivity contribution in [1.29, 1.82) is 0 Å². The van der Waals surface area contributed by atoms with Crippen LogP contribution in [0.25, 0.3) is 0 Å². The molecule has 2 aliphatic rings. The van der Waals surface area contributed by atoms with Gasteiger partial charge in [-0.1, -0.05) is 30.3 Å². The summed E-state index contributed by atoms with van der Waals surface area (Å²) < 4.78 is 6.06. The van der Waals surface area contributed by atoms with Crippen molar-refractivity contribution in [2.24, 2.45) is 0 Å². The first-order valence-electron chi connectivity index (χ1n) is 11.7. The molecule has 0 radical (unpaired) electrons. The van der Waals surface area contributed by atoms with Gasteiger partial charge in [0.15, 0.2) is 0 Å². The molecule has 1 saturated heterocycles. The molecule has 1 amide bonds. The van der Waals surface area contributed by atoms with Crippen LogP contribution < -0.4 is 4.74 Å². The molecule has 1 aliphatic heterocycles. The largest absolute Gasteiger partial charge is 0.489 e. The summed E-state index contributed by atoms with van der Waals surface area (Å²) in [5, 5.41) is 7.94. The summed E-state index contributed by atoms with van der Waals surface area (Å²) in [6.07, 6.45) is 5.43. The monoisotopic (exact) mass is 429 g/mol. The SMILES string of the molecule is Cc1cc(OCc2ccccc2)cc(C)c1Cc1[nH]nc2c1C[C@H](N1CCCC1=O)CC2. The van der Waals surface area contributed by atoms with Gasteiger partial charge in [0.2, 0.25) is 5.91 Å². The fraction of sp³-hybridized carbons (Fsp3) is 0.407. The Morgan fingerprint density at radius 3 is 2.62 bits per heavy atom. The van der Waals surface area contributed by atoms with E-state index in [1.807, 2.05) is 18.2 Å². The van der Waals surface area contributed by atoms with Crippen LogP contribution >= 0.6 is 0 Å². The predicted molar refractivity (Wildman–Crippen MR) is 125 cm³/mol. The minimum Gasteiger partial charge on any atom is -0.489 e. The molecule has 1 atom stereocenters. The maximum absolute atomic E-state index is 12.3. The summed E-state index contributed by atoms with van der Waals surface area (Å²) >= 11 is 0. The fourth-order valence-corrected chi connectivity index (χ4v) is 5.23. The van der Waals surface area contributed by atoms with Gasteiger partial charge in [0.1, 0.15) is 12.4 Å². The van der Waals surface area contributed by atoms with Crippen molar-refractivity contribution in [1.82, 2.24) is 15.1 Å². The van der Waals surface area contributed by atoms with E-state index < -0.39 is 0 Å². The van der Waals surface area contributed by atoms with Gasteiger partial charge in [-0.15, -0.1) is 0 Å². The maximum Gasteiger partial charge on any atom is 0.222 e. The average molecular weight is 430 g/mol. The number of hydrogen-bond acceptors (Lipinski definition) is 3. The third-order valence-electron chi connectivity index (χ3n) is 7.01. The molecule has 1 fully saturated rings. The Bertz CT molecular complexity index is 1100. The number of nitrogens with zero attached hydrogens (tertiary/aromatic N) is 2. The standard InChI is InChI=1S/C27H31N3O2/c1-18-13-22(32-17-20-7-4-3-5-8-20)14-19(2)23(18)16-26-24-15-21(10-11-25(24)28-29-26)30-12-6-9-27(30)31/h3-5,7-8,13-14,21H,6,9-12,15-17H2,1-2H3,(H,28,29)/t21-/m1/s1. The van der Waals surface area contributed by atoms with Crippen molar-refractivity contribution in [2.45, 2.75) is 65.0 Å². The van der Waals surface area contributed by atoms with E-state index in [9.17, 15) is 4.79 Å². The van der Waals surface area contributed by atoms with Crippen LogP contribution in [0.2, 0.25) is 0 Å². The van der Waals surface area contributed by atoms with Crippen molar-refractivity contribution >= 4 is 5.91 Å². The minimum absolute atomic E-state index is 0.321. The Morgan fingerprint density at radius 2 is 1.91 bits per heavy atom. The highest BCUT2D eigenvalue weighted by molar-refractivity contribution is 5.78. The molecule has 2 heterocycles. The Kier molecular flexibility index (Phi) is 5.73. The molecule has 1 N–H and O–H groups in total. The zero-order valence-corrected chi connectivity index (χ0v) is 19.0. The number of carbonyl (C=O) groups is 1. The lowest BCUT2D eigenvalue weighted by Gasteiger charge is -2.31. The van der Waals surface area contributed by atoms with Crippen LogP contribution in [-0.2, 0) is 30.7 Å². The highest BCUT2D eigenvalue weighted by Gasteiger charge is 2.32. The van der Waals surface area contributed by atoms with E-state index >= 15 is 0 Å². The molecular weight excluding hydrogens is 398 g/mol. The topological polar surface area (TPSA) is 58.2 Å². The molecule has 5 rings (SSSR count). The number of rotatable bonds is 6. The van der Waals surface area contributed by atoms with E-state index in [0.29, 0.717) is 25.0 Å². The smallest absolute Gasteiger partial charge is 0.222 e. The van der Waals surface area contributed by atoms with Gasteiger partial charge in [-0.2, -0.15) is 5.10 Å². The zero-order chi connectivity index (χ0) is 22.1. The molecule has 0 spiro atoms. The number of likely N-dealkylation sites (tertiary alicyclic amines) is 1. The first-order valence-corrected chi connectivity index (χ1v) is 11.7. The quantitative estimate of drug-likeness (QED) is 0.619. The van der Waals surface area contributed by atoms with Crippen LogP contribution in [0, 0.1) is 13.8 Å². The zero-order valence-electron chi connectivity index (χ0n) is 19.0. The molecule has 3 aromatic rings. The van der Waals surface area contributed by atoms with Gasteiger partial charge < -0.3 is 9.64 Å². The minimum atomic E-state index is 0.321. The second-order valence-corrected chi connectivity index (χ2v) is 9.20. The van der Waals surface area contributed by atoms with E-state index in [-0.39, 0.29) is 0 Å². The Hall–Kier alpha value is -3.08. The lowest BCUT2D eigenvalue weighted by molar-refractivity contribution is -0.129. The van der Waals surface area contributed by atoms with E-state index in [0.717, 1.165) is 44.4 Å². The van der Waals surface area contributed by atoms with Crippen molar-refractivity contribution in [3.8, 4) is 5.75 Å². The first kappa shape index (κ1) is 20.8. The molecular formula is C27H31N3O2. The lowest BCUT2D eigenvalue weighted by atomic mass is 9.88. The summed E-state index contributed by atoms with van der Waals surface area (Å²) in [6.45, 7) is 5.80. The van der Waals surface area contributed by atoms with Crippen LogP contribution in [0.15, 0.2) is 42.5 Å². The van der Waals surface area contributed by atoms with Crippen LogP contribution in [0.5, 0.6) is 5.75 Å². The number of aromatic nitrogens is 2. The van der Waals surface area contributed by atoms with Gasteiger partial charge in [0.05, 0.1) is 5.69 Å². The number of benzene rings is 2. The number of amides is 1. The second-order valence-electron chi connectivity index (χ2n) is 9.20. The normalized spacial score (nSPS) is 18.1. The molecule has 2 aromatic carbocycles. The highest BCUT2D eigenvalue weighted by Crippen LogP contribution is 2.31. The Morgan fingerprint density at radius 1 is 1.12 bits per heavy atom. The molecule has 0 saturated carbocycles. The number of aromatic amines is 1. The summed E-state index contributed by atoms with van der Waals surface area (Å²) in [5.74, 6) is 1.23. The Balaban J connectivity index is 1.32. The van der Waals surface area contributed by atoms with Crippen molar-refractivity contribution in [3.05, 3.63) is 81.7 Å². The third kappa shape index (κ3) is 4.16. The summed E-state index contributed by atoms with van der Waals surface area (Å²) in [4.78, 5) is 14.4. The van der Waals surface area contributed by atoms with Gasteiger partial charge >= 0.3 is 0 Å². The van der Waals surface area contributed by atoms with Crippen LogP contribution in [0.1, 0.15) is 58.5 Å². The molecule has 1 aliphatic carbocycles. The molecule has 32 heavy (non-hydrogen) atoms. The number of aryl methyl sites for hydroxylation is 3. The molecule has 166 valence electrons. The maximum atomic E-state index is 12.3. The Labute approximate surface area is 189 Å². The molecule has 0 unspecified atom stereocenters. The third-order valence-corrected chi connectivity index (χ3v) is 7.01. The molecule has 0 bridgehead atoms. The molecule has 5 nitrogen and oxygen atoms in total. The molecule has 1 aromatic heterocycles. The van der Waals surface area contributed by atoms with E-state index in [4.69, 9.17) is 4.74 Å². The van der Waals surface area contributed by atoms with Gasteiger partial charge in [-0.25, -0.2) is 0 Å². The number of H-pyrrole nitrogens is 1. The summed E-state index contributed by atoms with van der Waals surface area (Å²) in [6, 6.07) is 14.9. The number of hydrogen-bond donors (Lipinski definition) is 1. The number of ether oxygens (including phenoxy) is 1. The van der Waals surface area contributed by atoms with Gasteiger partial charge in [0.25, 0.3) is 0 Å². The first-order chi connectivity index (χ1) is 15.6. The second kappa shape index (κ2) is 8.81. The molecule has 5 heteroatoms. The van der Waals surface area contributed by atoms with Crippen LogP contribution in [-0.4, -0.2) is 33.6 Å². The van der Waals surface area contributed by atoms with Gasteiger partial charge in [0, 0.05) is 31.1 Å².